The first kappa shape index (κ1) is 11.5. The van der Waals surface area contributed by atoms with Crippen LogP contribution < -0.4 is 43.9 Å². The molecule has 0 radical (unpaired) electrons. The Morgan fingerprint density at radius 3 is 3.00 bits per heavy atom. The number of nitrogens with zero attached hydrogens (tertiary/aromatic N) is 1. The van der Waals surface area contributed by atoms with Crippen LogP contribution in [-0.2, 0) is 11.4 Å². The van der Waals surface area contributed by atoms with Gasteiger partial charge >= 0.3 is 0 Å². The number of rotatable bonds is 0. The molecule has 2 aliphatic rings. The number of hydrogen-bond donors (Lipinski definition) is 0. The van der Waals surface area contributed by atoms with Crippen LogP contribution in [0.15, 0.2) is 36.5 Å². The molecule has 0 bridgehead atoms. The minimum atomic E-state index is 0. The predicted octanol–water partition coefficient (Wildman–Crippen LogP) is -2.50. The summed E-state index contributed by atoms with van der Waals surface area (Å²) in [5, 5.41) is 2.20. The van der Waals surface area contributed by atoms with E-state index in [1.165, 1.54) is 16.5 Å². The van der Waals surface area contributed by atoms with Crippen LogP contribution in [0, 0.1) is 0 Å². The lowest BCUT2D eigenvalue weighted by Crippen LogP contribution is -3.00. The van der Waals surface area contributed by atoms with E-state index >= 15 is 0 Å². The summed E-state index contributed by atoms with van der Waals surface area (Å²) in [7, 11) is 0. The Kier molecular flexibility index (Phi) is 2.74. The molecule has 0 fully saturated rings. The molecule has 0 spiro atoms. The van der Waals surface area contributed by atoms with Gasteiger partial charge in [0.05, 0.1) is 10.8 Å². The number of hydrogen-bond acceptors (Lipinski definition) is 2. The second-order valence-electron chi connectivity index (χ2n) is 4.22. The smallest absolute Gasteiger partial charge is 0.213 e. The minimum Gasteiger partial charge on any atom is -1.00 e. The van der Waals surface area contributed by atoms with Crippen LogP contribution in [0.4, 0.5) is 0 Å². The summed E-state index contributed by atoms with van der Waals surface area (Å²) in [6.45, 7) is 0.895. The topological polar surface area (TPSA) is 22.3 Å². The van der Waals surface area contributed by atoms with Crippen molar-refractivity contribution in [3.8, 4) is 17.0 Å². The van der Waals surface area contributed by atoms with E-state index in [2.05, 4.69) is 35.0 Å². The van der Waals surface area contributed by atoms with Crippen LogP contribution in [0.1, 0.15) is 0 Å². The molecule has 4 rings (SSSR count). The summed E-state index contributed by atoms with van der Waals surface area (Å²) in [4.78, 5) is 9.95. The first-order valence-corrected chi connectivity index (χ1v) is 5.58. The average molecular weight is 351 g/mol. The Morgan fingerprint density at radius 2 is 2.06 bits per heavy atom. The maximum Gasteiger partial charge on any atom is 0.213 e. The van der Waals surface area contributed by atoms with E-state index in [4.69, 9.17) is 9.78 Å². The molecule has 1 aromatic carbocycles. The van der Waals surface area contributed by atoms with Crippen LogP contribution in [0.2, 0.25) is 0 Å². The second kappa shape index (κ2) is 4.28. The Labute approximate surface area is 121 Å². The third-order valence-electron chi connectivity index (χ3n) is 3.22. The van der Waals surface area contributed by atoms with Gasteiger partial charge in [0.1, 0.15) is 0 Å². The van der Waals surface area contributed by atoms with Gasteiger partial charge in [0.2, 0.25) is 5.69 Å². The molecule has 0 saturated heterocycles. The fraction of sp³-hybridized carbons (Fsp3) is 0.0714. The van der Waals surface area contributed by atoms with Crippen molar-refractivity contribution < 1.29 is 38.3 Å². The van der Waals surface area contributed by atoms with Crippen molar-refractivity contribution in [3.63, 3.8) is 0 Å². The normalized spacial score (nSPS) is 13.6. The third-order valence-corrected chi connectivity index (χ3v) is 3.22. The summed E-state index contributed by atoms with van der Waals surface area (Å²) < 4.78 is 2.23. The third kappa shape index (κ3) is 1.59. The largest absolute Gasteiger partial charge is 1.00 e. The molecule has 0 N–H and O–H groups in total. The van der Waals surface area contributed by atoms with E-state index in [1.54, 1.807) is 6.26 Å². The molecule has 0 amide bonds. The molecule has 3 nitrogen and oxygen atoms in total. The Hall–Kier alpha value is -1.56. The van der Waals surface area contributed by atoms with E-state index in [-0.39, 0.29) is 24.0 Å². The van der Waals surface area contributed by atoms with Crippen molar-refractivity contribution >= 4 is 12.3 Å². The van der Waals surface area contributed by atoms with Gasteiger partial charge < -0.3 is 24.0 Å². The SMILES string of the molecule is C1=c2cc3c(cc2OO1)=CC[n+]1ccccc1-3.[I-]. The van der Waals surface area contributed by atoms with Gasteiger partial charge in [-0.2, -0.15) is 4.57 Å². The molecule has 2 aromatic rings. The van der Waals surface area contributed by atoms with Gasteiger partial charge in [-0.05, 0) is 29.5 Å². The maximum absolute atomic E-state index is 5.07. The summed E-state index contributed by atoms with van der Waals surface area (Å²) >= 11 is 0. The van der Waals surface area contributed by atoms with E-state index in [0.717, 1.165) is 17.5 Å². The van der Waals surface area contributed by atoms with E-state index in [9.17, 15) is 0 Å². The number of aromatic nitrogens is 1. The molecular formula is C14H10INO2. The lowest BCUT2D eigenvalue weighted by molar-refractivity contribution is -0.673. The number of benzene rings is 1. The molecule has 90 valence electrons. The molecule has 3 heterocycles. The molecule has 0 saturated carbocycles. The quantitative estimate of drug-likeness (QED) is 0.298. The van der Waals surface area contributed by atoms with Crippen molar-refractivity contribution in [1.29, 1.82) is 0 Å². The van der Waals surface area contributed by atoms with Crippen LogP contribution in [0.25, 0.3) is 23.6 Å². The lowest BCUT2D eigenvalue weighted by atomic mass is 10.0. The molecule has 4 heteroatoms. The highest BCUT2D eigenvalue weighted by Gasteiger charge is 2.19. The highest BCUT2D eigenvalue weighted by Crippen LogP contribution is 2.15. The Morgan fingerprint density at radius 1 is 1.11 bits per heavy atom. The summed E-state index contributed by atoms with van der Waals surface area (Å²) in [5.74, 6) is 0.796. The summed E-state index contributed by atoms with van der Waals surface area (Å²) in [6.07, 6.45) is 5.93. The molecule has 0 atom stereocenters. The van der Waals surface area contributed by atoms with Gasteiger partial charge in [-0.15, -0.1) is 0 Å². The van der Waals surface area contributed by atoms with E-state index in [1.807, 2.05) is 12.1 Å². The highest BCUT2D eigenvalue weighted by atomic mass is 127. The fourth-order valence-corrected chi connectivity index (χ4v) is 2.37. The standard InChI is InChI=1S/C14H10NO2.HI/c1-2-5-15-6-4-10-8-14-11(9-16-17-14)7-12(10)13(15)3-1;/h1-5,7-9H,6H2;1H/q+1;/p-1. The summed E-state index contributed by atoms with van der Waals surface area (Å²) in [6, 6.07) is 10.4. The van der Waals surface area contributed by atoms with Crippen LogP contribution >= 0.6 is 0 Å². The number of pyridine rings is 1. The molecule has 2 aliphatic heterocycles. The van der Waals surface area contributed by atoms with Crippen molar-refractivity contribution in [1.82, 2.24) is 0 Å². The number of halogens is 1. The molecular weight excluding hydrogens is 341 g/mol. The van der Waals surface area contributed by atoms with Crippen molar-refractivity contribution in [2.24, 2.45) is 0 Å². The van der Waals surface area contributed by atoms with Crippen molar-refractivity contribution in [2.45, 2.75) is 6.54 Å². The van der Waals surface area contributed by atoms with Crippen molar-refractivity contribution in [2.75, 3.05) is 0 Å². The van der Waals surface area contributed by atoms with E-state index in [0.29, 0.717) is 0 Å². The second-order valence-corrected chi connectivity index (χ2v) is 4.22. The van der Waals surface area contributed by atoms with Crippen LogP contribution in [0.5, 0.6) is 5.75 Å². The van der Waals surface area contributed by atoms with Gasteiger partial charge in [0.25, 0.3) is 0 Å². The Bertz CT molecular complexity index is 740. The van der Waals surface area contributed by atoms with Crippen LogP contribution in [-0.4, -0.2) is 0 Å². The van der Waals surface area contributed by atoms with Gasteiger partial charge in [0.15, 0.2) is 24.8 Å². The van der Waals surface area contributed by atoms with Gasteiger partial charge in [-0.1, -0.05) is 0 Å². The molecule has 1 aromatic heterocycles. The van der Waals surface area contributed by atoms with Crippen molar-refractivity contribution in [3.05, 3.63) is 47.0 Å². The fourth-order valence-electron chi connectivity index (χ4n) is 2.37. The minimum absolute atomic E-state index is 0. The van der Waals surface area contributed by atoms with Gasteiger partial charge in [0, 0.05) is 12.1 Å². The zero-order valence-electron chi connectivity index (χ0n) is 9.47. The zero-order chi connectivity index (χ0) is 11.2. The summed E-state index contributed by atoms with van der Waals surface area (Å²) in [5.41, 5.74) is 2.45. The van der Waals surface area contributed by atoms with Gasteiger partial charge in [-0.25, -0.2) is 0 Å². The first-order chi connectivity index (χ1) is 8.42. The lowest BCUT2D eigenvalue weighted by Gasteiger charge is -2.08. The highest BCUT2D eigenvalue weighted by molar-refractivity contribution is 5.62. The molecule has 18 heavy (non-hydrogen) atoms. The zero-order valence-corrected chi connectivity index (χ0v) is 11.6. The number of fused-ring (bicyclic) bond motifs is 4. The monoisotopic (exact) mass is 351 g/mol. The average Bonchev–Trinajstić information content (AvgIpc) is 2.83. The molecule has 0 unspecified atom stereocenters. The van der Waals surface area contributed by atoms with E-state index < -0.39 is 0 Å². The van der Waals surface area contributed by atoms with Crippen LogP contribution in [0.3, 0.4) is 0 Å². The van der Waals surface area contributed by atoms with Gasteiger partial charge in [-0.3, -0.25) is 9.78 Å². The maximum atomic E-state index is 5.07. The predicted molar refractivity (Wildman–Crippen MR) is 62.0 cm³/mol. The first-order valence-electron chi connectivity index (χ1n) is 5.58. The Balaban J connectivity index is 0.000001000. The molecule has 0 aliphatic carbocycles.